The Hall–Kier alpha value is -3.78. The van der Waals surface area contributed by atoms with Crippen LogP contribution in [0.4, 0.5) is 11.4 Å². The first-order valence-electron chi connectivity index (χ1n) is 11.2. The highest BCUT2D eigenvalue weighted by atomic mass is 32.2. The van der Waals surface area contributed by atoms with Gasteiger partial charge >= 0.3 is 0 Å². The number of amides is 2. The van der Waals surface area contributed by atoms with Crippen molar-refractivity contribution in [2.24, 2.45) is 4.99 Å². The second-order valence-corrected chi connectivity index (χ2v) is 9.07. The van der Waals surface area contributed by atoms with Gasteiger partial charge in [0.15, 0.2) is 5.17 Å². The summed E-state index contributed by atoms with van der Waals surface area (Å²) >= 11 is 1.31. The second-order valence-electron chi connectivity index (χ2n) is 7.90. The second kappa shape index (κ2) is 11.6. The van der Waals surface area contributed by atoms with E-state index in [0.29, 0.717) is 35.3 Å². The predicted molar refractivity (Wildman–Crippen MR) is 140 cm³/mol. The van der Waals surface area contributed by atoms with E-state index in [1.165, 1.54) is 11.8 Å². The highest BCUT2D eigenvalue weighted by Crippen LogP contribution is 2.31. The predicted octanol–water partition coefficient (Wildman–Crippen LogP) is 4.91. The molecule has 0 radical (unpaired) electrons. The van der Waals surface area contributed by atoms with Gasteiger partial charge < -0.3 is 14.8 Å². The number of carbonyl (C=O) groups excluding carboxylic acids is 2. The van der Waals surface area contributed by atoms with Gasteiger partial charge in [-0.2, -0.15) is 0 Å². The minimum Gasteiger partial charge on any atom is -0.497 e. The van der Waals surface area contributed by atoms with E-state index >= 15 is 0 Å². The molecule has 0 bridgehead atoms. The summed E-state index contributed by atoms with van der Waals surface area (Å²) in [4.78, 5) is 32.6. The molecule has 1 saturated heterocycles. The molecule has 1 aliphatic heterocycles. The Labute approximate surface area is 209 Å². The molecule has 7 nitrogen and oxygen atoms in total. The first-order chi connectivity index (χ1) is 17.1. The van der Waals surface area contributed by atoms with Gasteiger partial charge in [-0.05, 0) is 60.5 Å². The van der Waals surface area contributed by atoms with Gasteiger partial charge in [0.2, 0.25) is 11.8 Å². The van der Waals surface area contributed by atoms with Crippen molar-refractivity contribution < 1.29 is 19.1 Å². The molecule has 1 aliphatic rings. The summed E-state index contributed by atoms with van der Waals surface area (Å²) in [6.45, 7) is 0.484. The number of nitrogens with one attached hydrogen (secondary N) is 1. The summed E-state index contributed by atoms with van der Waals surface area (Å²) < 4.78 is 10.4. The molecular formula is C27H27N3O4S. The van der Waals surface area contributed by atoms with Crippen LogP contribution in [0.1, 0.15) is 12.0 Å². The van der Waals surface area contributed by atoms with Crippen molar-refractivity contribution in [1.82, 2.24) is 4.90 Å². The van der Waals surface area contributed by atoms with Gasteiger partial charge in [-0.1, -0.05) is 42.1 Å². The zero-order chi connectivity index (χ0) is 24.6. The molecule has 180 valence electrons. The van der Waals surface area contributed by atoms with Gasteiger partial charge in [0.1, 0.15) is 16.7 Å². The monoisotopic (exact) mass is 489 g/mol. The minimum absolute atomic E-state index is 0.100. The summed E-state index contributed by atoms with van der Waals surface area (Å²) in [5.74, 6) is 1.06. The minimum atomic E-state index is -0.588. The Bertz CT molecular complexity index is 1180. The van der Waals surface area contributed by atoms with E-state index in [2.05, 4.69) is 5.32 Å². The zero-order valence-electron chi connectivity index (χ0n) is 19.6. The fourth-order valence-electron chi connectivity index (χ4n) is 3.61. The van der Waals surface area contributed by atoms with Crippen LogP contribution < -0.4 is 14.8 Å². The number of ether oxygens (including phenoxy) is 2. The molecule has 4 rings (SSSR count). The van der Waals surface area contributed by atoms with Crippen molar-refractivity contribution in [1.29, 1.82) is 0 Å². The zero-order valence-corrected chi connectivity index (χ0v) is 20.5. The Balaban J connectivity index is 1.53. The maximum absolute atomic E-state index is 13.2. The largest absolute Gasteiger partial charge is 0.497 e. The molecule has 0 spiro atoms. The van der Waals surface area contributed by atoms with Crippen LogP contribution in [0.25, 0.3) is 0 Å². The molecule has 2 amide bonds. The molecule has 1 atom stereocenters. The Morgan fingerprint density at radius 2 is 1.60 bits per heavy atom. The number of nitrogens with zero attached hydrogens (tertiary/aromatic N) is 2. The van der Waals surface area contributed by atoms with Gasteiger partial charge in [-0.15, -0.1) is 0 Å². The molecule has 0 unspecified atom stereocenters. The number of hydrogen-bond acceptors (Lipinski definition) is 6. The van der Waals surface area contributed by atoms with Crippen LogP contribution in [0.3, 0.4) is 0 Å². The Morgan fingerprint density at radius 3 is 2.23 bits per heavy atom. The van der Waals surface area contributed by atoms with E-state index < -0.39 is 5.25 Å². The lowest BCUT2D eigenvalue weighted by Crippen LogP contribution is -2.46. The Morgan fingerprint density at radius 1 is 0.971 bits per heavy atom. The lowest BCUT2D eigenvalue weighted by Gasteiger charge is -2.32. The smallest absolute Gasteiger partial charge is 0.238 e. The number of rotatable bonds is 8. The first kappa shape index (κ1) is 24.3. The normalized spacial score (nSPS) is 16.7. The highest BCUT2D eigenvalue weighted by Gasteiger charge is 2.35. The number of aliphatic imine (C=N–C) groups is 1. The van der Waals surface area contributed by atoms with Crippen LogP contribution in [0.2, 0.25) is 0 Å². The molecule has 1 heterocycles. The number of thioether (sulfide) groups is 1. The van der Waals surface area contributed by atoms with Gasteiger partial charge in [-0.3, -0.25) is 14.5 Å². The van der Waals surface area contributed by atoms with Gasteiger partial charge in [0.05, 0.1) is 19.9 Å². The van der Waals surface area contributed by atoms with Crippen LogP contribution in [0, 0.1) is 0 Å². The molecule has 3 aromatic rings. The van der Waals surface area contributed by atoms with Gasteiger partial charge in [0.25, 0.3) is 0 Å². The summed E-state index contributed by atoms with van der Waals surface area (Å²) in [5.41, 5.74) is 2.46. The summed E-state index contributed by atoms with van der Waals surface area (Å²) in [6.07, 6.45) is 0.792. The maximum atomic E-state index is 13.2. The van der Waals surface area contributed by atoms with E-state index in [1.807, 2.05) is 54.6 Å². The number of carbonyl (C=O) groups is 2. The quantitative estimate of drug-likeness (QED) is 0.487. The molecule has 1 fully saturated rings. The molecular weight excluding hydrogens is 462 g/mol. The third kappa shape index (κ3) is 6.42. The molecule has 8 heteroatoms. The topological polar surface area (TPSA) is 80.2 Å². The lowest BCUT2D eigenvalue weighted by atomic mass is 10.1. The standard InChI is InChI=1S/C27H27N3O4S/c1-33-22-12-8-20(9-13-22)28-26(32)24-18-25(31)30(17-16-19-6-4-3-5-7-19)27(35-24)29-21-10-14-23(34-2)15-11-21/h3-15,24H,16-18H2,1-2H3,(H,28,32)/t24-/m0/s1. The fourth-order valence-corrected chi connectivity index (χ4v) is 4.74. The van der Waals surface area contributed by atoms with E-state index in [4.69, 9.17) is 14.5 Å². The number of hydrogen-bond donors (Lipinski definition) is 1. The van der Waals surface area contributed by atoms with Crippen LogP contribution in [-0.4, -0.2) is 47.9 Å². The van der Waals surface area contributed by atoms with Crippen LogP contribution >= 0.6 is 11.8 Å². The molecule has 35 heavy (non-hydrogen) atoms. The van der Waals surface area contributed by atoms with Crippen LogP contribution in [0.5, 0.6) is 11.5 Å². The molecule has 0 aromatic heterocycles. The lowest BCUT2D eigenvalue weighted by molar-refractivity contribution is -0.129. The SMILES string of the molecule is COc1ccc(N=C2S[C@H](C(=O)Nc3ccc(OC)cc3)CC(=O)N2CCc2ccccc2)cc1. The van der Waals surface area contributed by atoms with E-state index in [-0.39, 0.29) is 18.2 Å². The Kier molecular flexibility index (Phi) is 8.05. The third-order valence-electron chi connectivity index (χ3n) is 5.55. The van der Waals surface area contributed by atoms with E-state index in [1.54, 1.807) is 43.4 Å². The molecule has 1 N–H and O–H groups in total. The van der Waals surface area contributed by atoms with Crippen molar-refractivity contribution in [2.75, 3.05) is 26.1 Å². The van der Waals surface area contributed by atoms with Crippen molar-refractivity contribution in [3.63, 3.8) is 0 Å². The third-order valence-corrected chi connectivity index (χ3v) is 6.74. The average molecular weight is 490 g/mol. The van der Waals surface area contributed by atoms with Gasteiger partial charge in [-0.25, -0.2) is 4.99 Å². The number of methoxy groups -OCH3 is 2. The molecule has 3 aromatic carbocycles. The van der Waals surface area contributed by atoms with Crippen LogP contribution in [-0.2, 0) is 16.0 Å². The summed E-state index contributed by atoms with van der Waals surface area (Å²) in [7, 11) is 3.19. The highest BCUT2D eigenvalue weighted by molar-refractivity contribution is 8.15. The van der Waals surface area contributed by atoms with Crippen molar-refractivity contribution >= 4 is 40.1 Å². The number of amidine groups is 1. The van der Waals surface area contributed by atoms with E-state index in [9.17, 15) is 9.59 Å². The maximum Gasteiger partial charge on any atom is 0.238 e. The summed E-state index contributed by atoms with van der Waals surface area (Å²) in [5, 5.41) is 2.82. The number of benzene rings is 3. The van der Waals surface area contributed by atoms with E-state index in [0.717, 1.165) is 11.3 Å². The van der Waals surface area contributed by atoms with Crippen molar-refractivity contribution in [3.8, 4) is 11.5 Å². The van der Waals surface area contributed by atoms with Crippen LogP contribution in [0.15, 0.2) is 83.9 Å². The molecule has 0 saturated carbocycles. The van der Waals surface area contributed by atoms with Gasteiger partial charge in [0, 0.05) is 18.7 Å². The van der Waals surface area contributed by atoms with Crippen molar-refractivity contribution in [3.05, 3.63) is 84.4 Å². The van der Waals surface area contributed by atoms with Crippen molar-refractivity contribution in [2.45, 2.75) is 18.1 Å². The average Bonchev–Trinajstić information content (AvgIpc) is 2.89. The fraction of sp³-hybridized carbons (Fsp3) is 0.222. The number of anilines is 1. The summed E-state index contributed by atoms with van der Waals surface area (Å²) in [6, 6.07) is 24.4. The molecule has 0 aliphatic carbocycles. The first-order valence-corrected chi connectivity index (χ1v) is 12.1.